The van der Waals surface area contributed by atoms with Crippen LogP contribution in [0.4, 0.5) is 5.69 Å². The number of anilines is 1. The molecule has 21 heavy (non-hydrogen) atoms. The molecule has 108 valence electrons. The van der Waals surface area contributed by atoms with Gasteiger partial charge < -0.3 is 0 Å². The van der Waals surface area contributed by atoms with E-state index in [0.29, 0.717) is 16.8 Å². The van der Waals surface area contributed by atoms with E-state index in [1.807, 2.05) is 6.07 Å². The maximum absolute atomic E-state index is 12.1. The normalized spacial score (nSPS) is 10.9. The molecule has 4 nitrogen and oxygen atoms in total. The Morgan fingerprint density at radius 2 is 1.90 bits per heavy atom. The average molecular weight is 365 g/mol. The van der Waals surface area contributed by atoms with Crippen molar-refractivity contribution in [1.29, 1.82) is 5.26 Å². The van der Waals surface area contributed by atoms with Crippen molar-refractivity contribution < 1.29 is 8.42 Å². The van der Waals surface area contributed by atoms with Gasteiger partial charge in [-0.1, -0.05) is 40.2 Å². The second-order valence-corrected chi connectivity index (χ2v) is 7.34. The first kappa shape index (κ1) is 15.5. The Balaban J connectivity index is 2.46. The standard InChI is InChI=1S/C15H13BrN2O2S/c1-21(19,20)18(15-8-4-7-14(16)9-15)11-13-6-3-2-5-12(13)10-17/h2-9H,11H2,1H3. The number of nitriles is 1. The number of nitrogens with zero attached hydrogens (tertiary/aromatic N) is 2. The minimum absolute atomic E-state index is 0.124. The molecule has 2 aromatic rings. The molecule has 0 saturated heterocycles. The van der Waals surface area contributed by atoms with Gasteiger partial charge in [-0.05, 0) is 29.8 Å². The Bertz CT molecular complexity index is 797. The van der Waals surface area contributed by atoms with Crippen molar-refractivity contribution in [2.75, 3.05) is 10.6 Å². The van der Waals surface area contributed by atoms with E-state index in [4.69, 9.17) is 5.26 Å². The zero-order chi connectivity index (χ0) is 15.5. The molecule has 2 aromatic carbocycles. The zero-order valence-electron chi connectivity index (χ0n) is 11.3. The molecule has 0 aliphatic carbocycles. The van der Waals surface area contributed by atoms with Gasteiger partial charge in [-0.15, -0.1) is 0 Å². The van der Waals surface area contributed by atoms with Crippen molar-refractivity contribution in [2.24, 2.45) is 0 Å². The van der Waals surface area contributed by atoms with E-state index in [9.17, 15) is 8.42 Å². The van der Waals surface area contributed by atoms with Crippen LogP contribution in [-0.2, 0) is 16.6 Å². The van der Waals surface area contributed by atoms with Gasteiger partial charge in [0.1, 0.15) is 0 Å². The van der Waals surface area contributed by atoms with E-state index in [1.165, 1.54) is 4.31 Å². The third-order valence-corrected chi connectivity index (χ3v) is 4.58. The first-order valence-electron chi connectivity index (χ1n) is 6.13. The van der Waals surface area contributed by atoms with Gasteiger partial charge >= 0.3 is 0 Å². The number of sulfonamides is 1. The minimum Gasteiger partial charge on any atom is -0.266 e. The molecule has 0 heterocycles. The molecule has 0 atom stereocenters. The molecular formula is C15H13BrN2O2S. The van der Waals surface area contributed by atoms with E-state index < -0.39 is 10.0 Å². The fourth-order valence-corrected chi connectivity index (χ4v) is 3.21. The van der Waals surface area contributed by atoms with Crippen LogP contribution in [0.15, 0.2) is 53.0 Å². The largest absolute Gasteiger partial charge is 0.266 e. The number of hydrogen-bond acceptors (Lipinski definition) is 3. The van der Waals surface area contributed by atoms with Crippen LogP contribution in [0.3, 0.4) is 0 Å². The summed E-state index contributed by atoms with van der Waals surface area (Å²) < 4.78 is 26.2. The SMILES string of the molecule is CS(=O)(=O)N(Cc1ccccc1C#N)c1cccc(Br)c1. The lowest BCUT2D eigenvalue weighted by Crippen LogP contribution is -2.29. The van der Waals surface area contributed by atoms with E-state index in [1.54, 1.807) is 42.5 Å². The summed E-state index contributed by atoms with van der Waals surface area (Å²) in [5.41, 5.74) is 1.70. The second-order valence-electron chi connectivity index (χ2n) is 4.52. The number of benzene rings is 2. The van der Waals surface area contributed by atoms with E-state index in [-0.39, 0.29) is 6.54 Å². The third-order valence-electron chi connectivity index (χ3n) is 2.95. The number of rotatable bonds is 4. The van der Waals surface area contributed by atoms with Gasteiger partial charge in [-0.2, -0.15) is 5.26 Å². The maximum Gasteiger partial charge on any atom is 0.232 e. The number of halogens is 1. The van der Waals surface area contributed by atoms with Crippen molar-refractivity contribution in [1.82, 2.24) is 0 Å². The molecule has 0 fully saturated rings. The Kier molecular flexibility index (Phi) is 4.66. The van der Waals surface area contributed by atoms with Gasteiger partial charge in [-0.3, -0.25) is 4.31 Å². The summed E-state index contributed by atoms with van der Waals surface area (Å²) in [5.74, 6) is 0. The highest BCUT2D eigenvalue weighted by Gasteiger charge is 2.19. The first-order valence-corrected chi connectivity index (χ1v) is 8.77. The molecule has 0 aromatic heterocycles. The Labute approximate surface area is 132 Å². The van der Waals surface area contributed by atoms with Crippen LogP contribution >= 0.6 is 15.9 Å². The summed E-state index contributed by atoms with van der Waals surface area (Å²) in [5, 5.41) is 9.12. The summed E-state index contributed by atoms with van der Waals surface area (Å²) in [6.45, 7) is 0.124. The van der Waals surface area contributed by atoms with Gasteiger partial charge in [0.15, 0.2) is 0 Å². The summed E-state index contributed by atoms with van der Waals surface area (Å²) in [6, 6.07) is 16.1. The molecule has 0 spiro atoms. The quantitative estimate of drug-likeness (QED) is 0.835. The van der Waals surface area contributed by atoms with Gasteiger partial charge in [0.05, 0.1) is 30.1 Å². The van der Waals surface area contributed by atoms with Crippen molar-refractivity contribution >= 4 is 31.6 Å². The summed E-state index contributed by atoms with van der Waals surface area (Å²) in [6.07, 6.45) is 1.16. The van der Waals surface area contributed by atoms with Crippen molar-refractivity contribution in [3.05, 3.63) is 64.1 Å². The van der Waals surface area contributed by atoms with Crippen LogP contribution in [-0.4, -0.2) is 14.7 Å². The van der Waals surface area contributed by atoms with Crippen LogP contribution in [0.1, 0.15) is 11.1 Å². The van der Waals surface area contributed by atoms with Crippen molar-refractivity contribution in [3.8, 4) is 6.07 Å². The molecule has 0 unspecified atom stereocenters. The monoisotopic (exact) mass is 364 g/mol. The van der Waals surface area contributed by atoms with Gasteiger partial charge in [0.2, 0.25) is 10.0 Å². The smallest absolute Gasteiger partial charge is 0.232 e. The molecule has 0 aliphatic rings. The van der Waals surface area contributed by atoms with Crippen LogP contribution in [0.25, 0.3) is 0 Å². The van der Waals surface area contributed by atoms with Gasteiger partial charge in [0, 0.05) is 4.47 Å². The van der Waals surface area contributed by atoms with E-state index in [0.717, 1.165) is 10.7 Å². The fraction of sp³-hybridized carbons (Fsp3) is 0.133. The summed E-state index contributed by atoms with van der Waals surface area (Å²) in [4.78, 5) is 0. The average Bonchev–Trinajstić information content (AvgIpc) is 2.44. The molecule has 0 bridgehead atoms. The van der Waals surface area contributed by atoms with Gasteiger partial charge in [-0.25, -0.2) is 8.42 Å². The zero-order valence-corrected chi connectivity index (χ0v) is 13.7. The maximum atomic E-state index is 12.1. The molecule has 0 radical (unpaired) electrons. The van der Waals surface area contributed by atoms with Crippen LogP contribution in [0.5, 0.6) is 0 Å². The van der Waals surface area contributed by atoms with Crippen molar-refractivity contribution in [2.45, 2.75) is 6.54 Å². The highest BCUT2D eigenvalue weighted by Crippen LogP contribution is 2.24. The Morgan fingerprint density at radius 1 is 1.19 bits per heavy atom. The minimum atomic E-state index is -3.45. The fourth-order valence-electron chi connectivity index (χ4n) is 1.95. The molecule has 6 heteroatoms. The third kappa shape index (κ3) is 3.84. The summed E-state index contributed by atoms with van der Waals surface area (Å²) >= 11 is 3.34. The van der Waals surface area contributed by atoms with Crippen LogP contribution < -0.4 is 4.31 Å². The summed E-state index contributed by atoms with van der Waals surface area (Å²) in [7, 11) is -3.45. The van der Waals surface area contributed by atoms with Gasteiger partial charge in [0.25, 0.3) is 0 Å². The lowest BCUT2D eigenvalue weighted by molar-refractivity contribution is 0.596. The van der Waals surface area contributed by atoms with Crippen molar-refractivity contribution in [3.63, 3.8) is 0 Å². The Hall–Kier alpha value is -1.84. The lowest BCUT2D eigenvalue weighted by atomic mass is 10.1. The predicted octanol–water partition coefficient (Wildman–Crippen LogP) is 3.29. The molecule has 0 saturated carbocycles. The molecule has 0 amide bonds. The molecular weight excluding hydrogens is 352 g/mol. The van der Waals surface area contributed by atoms with E-state index in [2.05, 4.69) is 22.0 Å². The highest BCUT2D eigenvalue weighted by molar-refractivity contribution is 9.10. The molecule has 0 N–H and O–H groups in total. The second kappa shape index (κ2) is 6.29. The lowest BCUT2D eigenvalue weighted by Gasteiger charge is -2.23. The molecule has 0 aliphatic heterocycles. The van der Waals surface area contributed by atoms with Crippen LogP contribution in [0, 0.1) is 11.3 Å². The molecule has 2 rings (SSSR count). The predicted molar refractivity (Wildman–Crippen MR) is 86.3 cm³/mol. The van der Waals surface area contributed by atoms with Crippen LogP contribution in [0.2, 0.25) is 0 Å². The topological polar surface area (TPSA) is 61.2 Å². The highest BCUT2D eigenvalue weighted by atomic mass is 79.9. The Morgan fingerprint density at radius 3 is 2.52 bits per heavy atom. The number of hydrogen-bond donors (Lipinski definition) is 0. The first-order chi connectivity index (χ1) is 9.91. The van der Waals surface area contributed by atoms with E-state index >= 15 is 0 Å².